The van der Waals surface area contributed by atoms with Crippen LogP contribution in [0.4, 0.5) is 14.9 Å². The predicted octanol–water partition coefficient (Wildman–Crippen LogP) is 4.10. The number of ether oxygens (including phenoxy) is 1. The lowest BCUT2D eigenvalue weighted by Crippen LogP contribution is -2.43. The minimum atomic E-state index is -0.543. The third kappa shape index (κ3) is 5.79. The fourth-order valence-electron chi connectivity index (χ4n) is 2.64. The van der Waals surface area contributed by atoms with Crippen LogP contribution >= 0.6 is 15.9 Å². The fourth-order valence-corrected chi connectivity index (χ4v) is 3.02. The topological polar surface area (TPSA) is 91.3 Å². The molecule has 1 amide bonds. The van der Waals surface area contributed by atoms with Crippen molar-refractivity contribution in [2.45, 2.75) is 39.2 Å². The number of Topliss-reactive ketones (excluding diaryl/α,β-unsaturated/α-hetero) is 1. The largest absolute Gasteiger partial charge is 0.444 e. The van der Waals surface area contributed by atoms with E-state index in [2.05, 4.69) is 26.6 Å². The van der Waals surface area contributed by atoms with Crippen molar-refractivity contribution in [2.24, 2.45) is 11.8 Å². The van der Waals surface area contributed by atoms with E-state index in [4.69, 9.17) is 10.1 Å². The first-order valence-corrected chi connectivity index (χ1v) is 9.16. The summed E-state index contributed by atoms with van der Waals surface area (Å²) in [4.78, 5) is 23.9. The molecule has 0 aliphatic heterocycles. The third-order valence-corrected chi connectivity index (χ3v) is 4.58. The van der Waals surface area contributed by atoms with Gasteiger partial charge in [-0.1, -0.05) is 0 Å². The Morgan fingerprint density at radius 2 is 2.00 bits per heavy atom. The van der Waals surface area contributed by atoms with Crippen molar-refractivity contribution in [2.75, 3.05) is 11.9 Å². The molecule has 1 saturated carbocycles. The van der Waals surface area contributed by atoms with Gasteiger partial charge in [0.2, 0.25) is 5.78 Å². The molecular formula is C18H23BrFN3O3. The second kappa shape index (κ2) is 8.16. The van der Waals surface area contributed by atoms with Crippen molar-refractivity contribution < 1.29 is 18.7 Å². The van der Waals surface area contributed by atoms with Crippen LogP contribution in [0.25, 0.3) is 0 Å². The molecule has 26 heavy (non-hydrogen) atoms. The van der Waals surface area contributed by atoms with Gasteiger partial charge >= 0.3 is 6.09 Å². The highest BCUT2D eigenvalue weighted by atomic mass is 79.9. The Morgan fingerprint density at radius 3 is 2.58 bits per heavy atom. The maximum atomic E-state index is 13.2. The standard InChI is InChI=1S/C18H23BrFN3O3/c1-18(2,3)26-17(25)22-9-10-6-11(7-10)15(24)16(21)23-12-4-5-14(20)13(19)8-12/h4-5,8,10-11H,6-7,9H2,1-3H3,(H2,21,23)(H,22,25). The first kappa shape index (κ1) is 20.4. The predicted molar refractivity (Wildman–Crippen MR) is 101 cm³/mol. The summed E-state index contributed by atoms with van der Waals surface area (Å²) in [5, 5.41) is 13.3. The van der Waals surface area contributed by atoms with E-state index in [0.717, 1.165) is 0 Å². The van der Waals surface area contributed by atoms with E-state index in [1.165, 1.54) is 18.2 Å². The van der Waals surface area contributed by atoms with Gasteiger partial charge in [-0.05, 0) is 73.7 Å². The molecule has 0 atom stereocenters. The average Bonchev–Trinajstić information content (AvgIpc) is 2.47. The number of nitrogens with one attached hydrogen (secondary N) is 3. The summed E-state index contributed by atoms with van der Waals surface area (Å²) in [7, 11) is 0. The van der Waals surface area contributed by atoms with Crippen LogP contribution < -0.4 is 10.6 Å². The zero-order valence-corrected chi connectivity index (χ0v) is 16.6. The lowest BCUT2D eigenvalue weighted by atomic mass is 9.72. The molecule has 2 rings (SSSR count). The van der Waals surface area contributed by atoms with E-state index in [1.807, 2.05) is 0 Å². The number of rotatable bonds is 5. The van der Waals surface area contributed by atoms with Crippen LogP contribution in [0.1, 0.15) is 33.6 Å². The summed E-state index contributed by atoms with van der Waals surface area (Å²) >= 11 is 3.07. The van der Waals surface area contributed by atoms with E-state index in [1.54, 1.807) is 20.8 Å². The van der Waals surface area contributed by atoms with Crippen molar-refractivity contribution in [3.63, 3.8) is 0 Å². The van der Waals surface area contributed by atoms with E-state index in [0.29, 0.717) is 25.1 Å². The third-order valence-electron chi connectivity index (χ3n) is 3.98. The van der Waals surface area contributed by atoms with Gasteiger partial charge in [-0.2, -0.15) is 0 Å². The molecule has 6 nitrogen and oxygen atoms in total. The highest BCUT2D eigenvalue weighted by Crippen LogP contribution is 2.34. The molecule has 0 aromatic heterocycles. The zero-order chi connectivity index (χ0) is 19.5. The van der Waals surface area contributed by atoms with E-state index in [9.17, 15) is 14.0 Å². The number of anilines is 1. The van der Waals surface area contributed by atoms with Crippen LogP contribution in [0.2, 0.25) is 0 Å². The molecule has 1 aliphatic carbocycles. The highest BCUT2D eigenvalue weighted by molar-refractivity contribution is 9.10. The van der Waals surface area contributed by atoms with Crippen molar-refractivity contribution >= 4 is 39.3 Å². The number of alkyl carbamates (subject to hydrolysis) is 1. The molecule has 0 spiro atoms. The zero-order valence-electron chi connectivity index (χ0n) is 15.0. The maximum Gasteiger partial charge on any atom is 0.407 e. The molecule has 3 N–H and O–H groups in total. The molecule has 0 radical (unpaired) electrons. The van der Waals surface area contributed by atoms with Gasteiger partial charge in [0.15, 0.2) is 5.84 Å². The quantitative estimate of drug-likeness (QED) is 0.487. The second-order valence-electron chi connectivity index (χ2n) is 7.41. The monoisotopic (exact) mass is 427 g/mol. The summed E-state index contributed by atoms with van der Waals surface area (Å²) in [5.41, 5.74) is -0.0720. The SMILES string of the molecule is CC(C)(C)OC(=O)NCC1CC(C(=O)C(=N)Nc2ccc(F)c(Br)c2)C1. The average molecular weight is 428 g/mol. The summed E-state index contributed by atoms with van der Waals surface area (Å²) in [6, 6.07) is 4.20. The van der Waals surface area contributed by atoms with Gasteiger partial charge in [-0.25, -0.2) is 9.18 Å². The minimum absolute atomic E-state index is 0.198. The number of hydrogen-bond donors (Lipinski definition) is 3. The van der Waals surface area contributed by atoms with Crippen LogP contribution in [0.3, 0.4) is 0 Å². The first-order chi connectivity index (χ1) is 12.0. The number of halogens is 2. The van der Waals surface area contributed by atoms with Gasteiger partial charge in [-0.3, -0.25) is 10.2 Å². The van der Waals surface area contributed by atoms with Crippen LogP contribution in [-0.2, 0) is 9.53 Å². The number of amides is 1. The summed E-state index contributed by atoms with van der Waals surface area (Å²) < 4.78 is 18.6. The Labute approximate surface area is 160 Å². The molecule has 1 fully saturated rings. The summed E-state index contributed by atoms with van der Waals surface area (Å²) in [5.74, 6) is -0.938. The van der Waals surface area contributed by atoms with Crippen LogP contribution in [0, 0.1) is 23.1 Å². The Kier molecular flexibility index (Phi) is 6.39. The Morgan fingerprint density at radius 1 is 1.35 bits per heavy atom. The van der Waals surface area contributed by atoms with Gasteiger partial charge in [0, 0.05) is 18.2 Å². The van der Waals surface area contributed by atoms with Gasteiger partial charge in [0.1, 0.15) is 11.4 Å². The van der Waals surface area contributed by atoms with Crippen molar-refractivity contribution in [3.8, 4) is 0 Å². The van der Waals surface area contributed by atoms with Crippen molar-refractivity contribution in [3.05, 3.63) is 28.5 Å². The smallest absolute Gasteiger partial charge is 0.407 e. The number of carbonyl (C=O) groups excluding carboxylic acids is 2. The van der Waals surface area contributed by atoms with Gasteiger partial charge in [-0.15, -0.1) is 0 Å². The number of carbonyl (C=O) groups is 2. The van der Waals surface area contributed by atoms with Crippen molar-refractivity contribution in [1.29, 1.82) is 5.41 Å². The fraction of sp³-hybridized carbons (Fsp3) is 0.500. The molecule has 1 aromatic rings. The molecule has 1 aromatic carbocycles. The van der Waals surface area contributed by atoms with Crippen LogP contribution in [0.15, 0.2) is 22.7 Å². The second-order valence-corrected chi connectivity index (χ2v) is 8.26. The molecule has 0 bridgehead atoms. The number of hydrogen-bond acceptors (Lipinski definition) is 4. The Bertz CT molecular complexity index is 712. The Balaban J connectivity index is 1.74. The molecule has 0 unspecified atom stereocenters. The normalized spacial score (nSPS) is 19.3. The van der Waals surface area contributed by atoms with E-state index in [-0.39, 0.29) is 27.9 Å². The van der Waals surface area contributed by atoms with Crippen molar-refractivity contribution in [1.82, 2.24) is 5.32 Å². The lowest BCUT2D eigenvalue weighted by Gasteiger charge is -2.34. The minimum Gasteiger partial charge on any atom is -0.444 e. The number of ketones is 1. The van der Waals surface area contributed by atoms with Crippen LogP contribution in [-0.4, -0.2) is 29.9 Å². The molecular weight excluding hydrogens is 405 g/mol. The maximum absolute atomic E-state index is 13.2. The molecule has 0 heterocycles. The van der Waals surface area contributed by atoms with Gasteiger partial charge in [0.05, 0.1) is 4.47 Å². The molecule has 142 valence electrons. The molecule has 8 heteroatoms. The first-order valence-electron chi connectivity index (χ1n) is 8.37. The van der Waals surface area contributed by atoms with Gasteiger partial charge in [0.25, 0.3) is 0 Å². The summed E-state index contributed by atoms with van der Waals surface area (Å²) in [6.45, 7) is 5.83. The van der Waals surface area contributed by atoms with Gasteiger partial charge < -0.3 is 15.4 Å². The number of benzene rings is 1. The Hall–Kier alpha value is -1.96. The molecule has 0 saturated heterocycles. The molecule has 1 aliphatic rings. The van der Waals surface area contributed by atoms with E-state index < -0.39 is 17.5 Å². The van der Waals surface area contributed by atoms with E-state index >= 15 is 0 Å². The van der Waals surface area contributed by atoms with Crippen LogP contribution in [0.5, 0.6) is 0 Å². The number of amidine groups is 1. The highest BCUT2D eigenvalue weighted by Gasteiger charge is 2.36. The summed E-state index contributed by atoms with van der Waals surface area (Å²) in [6.07, 6.45) is 0.765. The lowest BCUT2D eigenvalue weighted by molar-refractivity contribution is -0.120.